The van der Waals surface area contributed by atoms with Gasteiger partial charge in [0.1, 0.15) is 0 Å². The van der Waals surface area contributed by atoms with Crippen molar-refractivity contribution in [3.63, 3.8) is 0 Å². The van der Waals surface area contributed by atoms with Crippen LogP contribution in [0.3, 0.4) is 0 Å². The summed E-state index contributed by atoms with van der Waals surface area (Å²) in [5.41, 5.74) is 4.59. The monoisotopic (exact) mass is 286 g/mol. The minimum absolute atomic E-state index is 0.124. The van der Waals surface area contributed by atoms with E-state index in [2.05, 4.69) is 28.4 Å². The average Bonchev–Trinajstić information content (AvgIpc) is 2.56. The lowest BCUT2D eigenvalue weighted by Crippen LogP contribution is -2.37. The van der Waals surface area contributed by atoms with E-state index in [0.717, 1.165) is 51.4 Å². The predicted molar refractivity (Wildman–Crippen MR) is 84.9 cm³/mol. The zero-order chi connectivity index (χ0) is 14.7. The van der Waals surface area contributed by atoms with Crippen molar-refractivity contribution in [1.82, 2.24) is 5.32 Å². The lowest BCUT2D eigenvalue weighted by atomic mass is 9.95. The van der Waals surface area contributed by atoms with E-state index in [1.807, 2.05) is 6.07 Å². The van der Waals surface area contributed by atoms with E-state index in [4.69, 9.17) is 4.74 Å². The highest BCUT2D eigenvalue weighted by Crippen LogP contribution is 2.31. The highest BCUT2D eigenvalue weighted by Gasteiger charge is 2.18. The maximum Gasteiger partial charge on any atom is 0.159 e. The van der Waals surface area contributed by atoms with Crippen molar-refractivity contribution in [3.05, 3.63) is 35.4 Å². The summed E-state index contributed by atoms with van der Waals surface area (Å²) in [5.74, 6) is 0.124. The second kappa shape index (κ2) is 6.41. The first-order valence-corrected chi connectivity index (χ1v) is 7.63. The topological polar surface area (TPSA) is 41.6 Å². The van der Waals surface area contributed by atoms with Crippen LogP contribution in [0, 0.1) is 0 Å². The molecule has 0 aliphatic carbocycles. The second-order valence-corrected chi connectivity index (χ2v) is 5.57. The number of anilines is 1. The molecule has 1 fully saturated rings. The van der Waals surface area contributed by atoms with Gasteiger partial charge in [0, 0.05) is 36.4 Å². The largest absolute Gasteiger partial charge is 0.378 e. The van der Waals surface area contributed by atoms with Crippen molar-refractivity contribution in [2.45, 2.75) is 13.3 Å². The number of ketones is 1. The van der Waals surface area contributed by atoms with Gasteiger partial charge in [-0.2, -0.15) is 0 Å². The predicted octanol–water partition coefficient (Wildman–Crippen LogP) is 2.10. The summed E-state index contributed by atoms with van der Waals surface area (Å²) in [6.45, 7) is 6.91. The maximum atomic E-state index is 11.7. The van der Waals surface area contributed by atoms with Crippen molar-refractivity contribution in [1.29, 1.82) is 0 Å². The fraction of sp³-hybridized carbons (Fsp3) is 0.471. The maximum absolute atomic E-state index is 11.7. The van der Waals surface area contributed by atoms with E-state index in [0.29, 0.717) is 0 Å². The Labute approximate surface area is 125 Å². The summed E-state index contributed by atoms with van der Waals surface area (Å²) in [4.78, 5) is 14.1. The van der Waals surface area contributed by atoms with Gasteiger partial charge in [-0.05, 0) is 43.7 Å². The van der Waals surface area contributed by atoms with Crippen LogP contribution < -0.4 is 10.2 Å². The van der Waals surface area contributed by atoms with Crippen molar-refractivity contribution in [2.75, 3.05) is 44.3 Å². The zero-order valence-corrected chi connectivity index (χ0v) is 12.5. The lowest BCUT2D eigenvalue weighted by molar-refractivity contribution is 0.101. The van der Waals surface area contributed by atoms with Gasteiger partial charge in [-0.1, -0.05) is 6.08 Å². The Bertz CT molecular complexity index is 560. The highest BCUT2D eigenvalue weighted by molar-refractivity contribution is 5.96. The third-order valence-electron chi connectivity index (χ3n) is 4.16. The molecule has 0 amide bonds. The fourth-order valence-corrected chi connectivity index (χ4v) is 2.96. The summed E-state index contributed by atoms with van der Waals surface area (Å²) < 4.78 is 5.45. The molecule has 2 aliphatic rings. The number of ether oxygens (including phenoxy) is 1. The minimum Gasteiger partial charge on any atom is -0.378 e. The highest BCUT2D eigenvalue weighted by atomic mass is 16.5. The Morgan fingerprint density at radius 3 is 2.76 bits per heavy atom. The summed E-state index contributed by atoms with van der Waals surface area (Å²) >= 11 is 0. The fourth-order valence-electron chi connectivity index (χ4n) is 2.96. The minimum atomic E-state index is 0.124. The van der Waals surface area contributed by atoms with E-state index in [9.17, 15) is 4.79 Å². The van der Waals surface area contributed by atoms with Gasteiger partial charge in [0.05, 0.1) is 13.2 Å². The molecule has 112 valence electrons. The van der Waals surface area contributed by atoms with Crippen LogP contribution in [-0.4, -0.2) is 45.2 Å². The third-order valence-corrected chi connectivity index (χ3v) is 4.16. The Hall–Kier alpha value is -1.65. The molecule has 2 heterocycles. The van der Waals surface area contributed by atoms with Crippen LogP contribution >= 0.6 is 0 Å². The molecule has 4 nitrogen and oxygen atoms in total. The number of carbonyl (C=O) groups excluding carboxylic acids is 1. The van der Waals surface area contributed by atoms with Crippen LogP contribution in [0.15, 0.2) is 24.3 Å². The van der Waals surface area contributed by atoms with Gasteiger partial charge in [-0.3, -0.25) is 4.79 Å². The molecule has 3 rings (SSSR count). The molecule has 0 unspecified atom stereocenters. The van der Waals surface area contributed by atoms with Gasteiger partial charge in [0.2, 0.25) is 0 Å². The molecule has 0 atom stereocenters. The molecule has 1 N–H and O–H groups in total. The first-order chi connectivity index (χ1) is 10.3. The van der Waals surface area contributed by atoms with E-state index < -0.39 is 0 Å². The number of Topliss-reactive ketones (excluding diaryl/α,β-unsaturated/α-hetero) is 1. The molecule has 2 aliphatic heterocycles. The summed E-state index contributed by atoms with van der Waals surface area (Å²) in [6, 6.07) is 6.10. The van der Waals surface area contributed by atoms with Crippen LogP contribution in [0.5, 0.6) is 0 Å². The molecule has 0 aromatic heterocycles. The van der Waals surface area contributed by atoms with Crippen LogP contribution in [0.2, 0.25) is 0 Å². The van der Waals surface area contributed by atoms with Crippen molar-refractivity contribution < 1.29 is 9.53 Å². The number of nitrogens with one attached hydrogen (secondary N) is 1. The van der Waals surface area contributed by atoms with Gasteiger partial charge in [-0.15, -0.1) is 0 Å². The van der Waals surface area contributed by atoms with Gasteiger partial charge < -0.3 is 15.0 Å². The Morgan fingerprint density at radius 1 is 1.29 bits per heavy atom. The molecule has 0 radical (unpaired) electrons. The molecular weight excluding hydrogens is 264 g/mol. The first kappa shape index (κ1) is 14.3. The number of hydrogen-bond acceptors (Lipinski definition) is 4. The Morgan fingerprint density at radius 2 is 2.10 bits per heavy atom. The van der Waals surface area contributed by atoms with Crippen LogP contribution in [0.25, 0.3) is 5.57 Å². The van der Waals surface area contributed by atoms with Gasteiger partial charge in [0.25, 0.3) is 0 Å². The molecule has 21 heavy (non-hydrogen) atoms. The van der Waals surface area contributed by atoms with Crippen LogP contribution in [0.4, 0.5) is 5.69 Å². The molecule has 0 bridgehead atoms. The standard InChI is InChI=1S/C17H22N2O2/c1-13(20)15-2-3-17(19-8-10-21-11-9-19)16(12-15)14-4-6-18-7-5-14/h2-4,12,18H,5-11H2,1H3. The van der Waals surface area contributed by atoms with Crippen molar-refractivity contribution in [2.24, 2.45) is 0 Å². The van der Waals surface area contributed by atoms with Gasteiger partial charge >= 0.3 is 0 Å². The van der Waals surface area contributed by atoms with E-state index >= 15 is 0 Å². The smallest absolute Gasteiger partial charge is 0.159 e. The third kappa shape index (κ3) is 3.17. The Balaban J connectivity index is 2.01. The first-order valence-electron chi connectivity index (χ1n) is 7.63. The molecule has 1 aromatic carbocycles. The summed E-state index contributed by atoms with van der Waals surface area (Å²) in [7, 11) is 0. The molecule has 0 spiro atoms. The Kier molecular flexibility index (Phi) is 4.36. The summed E-state index contributed by atoms with van der Waals surface area (Å²) in [5, 5.41) is 3.34. The van der Waals surface area contributed by atoms with E-state index in [-0.39, 0.29) is 5.78 Å². The molecule has 1 saturated heterocycles. The van der Waals surface area contributed by atoms with Crippen LogP contribution in [-0.2, 0) is 4.74 Å². The zero-order valence-electron chi connectivity index (χ0n) is 12.5. The van der Waals surface area contributed by atoms with E-state index in [1.54, 1.807) is 6.92 Å². The van der Waals surface area contributed by atoms with Gasteiger partial charge in [-0.25, -0.2) is 0 Å². The molecule has 0 saturated carbocycles. The van der Waals surface area contributed by atoms with E-state index in [1.165, 1.54) is 16.8 Å². The van der Waals surface area contributed by atoms with Crippen molar-refractivity contribution in [3.8, 4) is 0 Å². The summed E-state index contributed by atoms with van der Waals surface area (Å²) in [6.07, 6.45) is 3.26. The number of carbonyl (C=O) groups is 1. The lowest BCUT2D eigenvalue weighted by Gasteiger charge is -2.32. The number of rotatable bonds is 3. The van der Waals surface area contributed by atoms with Gasteiger partial charge in [0.15, 0.2) is 5.78 Å². The quantitative estimate of drug-likeness (QED) is 0.864. The van der Waals surface area contributed by atoms with Crippen LogP contribution in [0.1, 0.15) is 29.3 Å². The van der Waals surface area contributed by atoms with Crippen molar-refractivity contribution >= 4 is 17.0 Å². The SMILES string of the molecule is CC(=O)c1ccc(N2CCOCC2)c(C2=CCNCC2)c1. The number of morpholine rings is 1. The molecular formula is C17H22N2O2. The number of hydrogen-bond donors (Lipinski definition) is 1. The number of benzene rings is 1. The number of nitrogens with zero attached hydrogens (tertiary/aromatic N) is 1. The molecule has 4 heteroatoms. The normalized spacial score (nSPS) is 19.3. The molecule has 1 aromatic rings. The second-order valence-electron chi connectivity index (χ2n) is 5.57. The average molecular weight is 286 g/mol.